The van der Waals surface area contributed by atoms with Crippen molar-refractivity contribution in [2.75, 3.05) is 12.9 Å². The van der Waals surface area contributed by atoms with E-state index < -0.39 is 10.1 Å². The number of rotatable bonds is 1. The van der Waals surface area contributed by atoms with Crippen molar-refractivity contribution >= 4 is 40.9 Å². The number of ether oxygens (including phenoxy) is 1. The first-order valence-electron chi connectivity index (χ1n) is 5.57. The van der Waals surface area contributed by atoms with Crippen molar-refractivity contribution in [2.24, 2.45) is 0 Å². The Bertz CT molecular complexity index is 490. The van der Waals surface area contributed by atoms with Crippen LogP contribution in [0.2, 0.25) is 0 Å². The van der Waals surface area contributed by atoms with Crippen LogP contribution in [0.3, 0.4) is 0 Å². The van der Waals surface area contributed by atoms with Gasteiger partial charge in [-0.15, -0.1) is 0 Å². The quantitative estimate of drug-likeness (QED) is 0.616. The summed E-state index contributed by atoms with van der Waals surface area (Å²) in [6, 6.07) is 5.03. The monoisotopic (exact) mass is 284 g/mol. The molecule has 7 heteroatoms. The Morgan fingerprint density at radius 1 is 1.50 bits per heavy atom. The SMILES string of the molecule is CS(=O)(=O)O.Fc1cc[c]([Na])c(C2CCCO2)c1. The Morgan fingerprint density at radius 3 is 2.61 bits per heavy atom. The van der Waals surface area contributed by atoms with Crippen LogP contribution in [0.15, 0.2) is 18.2 Å². The molecular weight excluding hydrogens is 270 g/mol. The number of benzene rings is 1. The van der Waals surface area contributed by atoms with Crippen molar-refractivity contribution in [1.29, 1.82) is 0 Å². The second-order valence-corrected chi connectivity index (χ2v) is 6.78. The number of hydrogen-bond acceptors (Lipinski definition) is 3. The topological polar surface area (TPSA) is 63.6 Å². The molecule has 1 aliphatic heterocycles. The molecule has 0 bridgehead atoms. The summed E-state index contributed by atoms with van der Waals surface area (Å²) < 4.78 is 45.6. The van der Waals surface area contributed by atoms with Gasteiger partial charge in [0.25, 0.3) is 10.1 Å². The molecule has 0 spiro atoms. The standard InChI is InChI=1S/C10H10FO.CH4O3S.Na/c11-9-4-1-3-8(7-9)10-5-2-6-12-10;1-5(2,3)4;/h1,4,7,10H,2,5-6H2;1H3,(H,2,3,4);. The summed E-state index contributed by atoms with van der Waals surface area (Å²) >= 11 is 0.961. The van der Waals surface area contributed by atoms with E-state index in [2.05, 4.69) is 0 Å². The first-order valence-corrected chi connectivity index (χ1v) is 8.42. The molecule has 2 rings (SSSR count). The van der Waals surface area contributed by atoms with E-state index in [1.165, 1.54) is 8.88 Å². The van der Waals surface area contributed by atoms with Crippen molar-refractivity contribution in [3.05, 3.63) is 29.6 Å². The molecule has 18 heavy (non-hydrogen) atoms. The molecular formula is C11H14FNaO4S. The number of halogens is 1. The summed E-state index contributed by atoms with van der Waals surface area (Å²) in [6.45, 7) is 0.822. The second-order valence-electron chi connectivity index (χ2n) is 4.24. The third-order valence-corrected chi connectivity index (χ3v) is 3.43. The van der Waals surface area contributed by atoms with Gasteiger partial charge in [0.05, 0.1) is 6.26 Å². The predicted molar refractivity (Wildman–Crippen MR) is 67.2 cm³/mol. The molecule has 0 aromatic heterocycles. The van der Waals surface area contributed by atoms with Crippen LogP contribution in [0, 0.1) is 5.82 Å². The third-order valence-electron chi connectivity index (χ3n) is 2.52. The van der Waals surface area contributed by atoms with Gasteiger partial charge in [0.1, 0.15) is 0 Å². The molecule has 1 heterocycles. The number of hydrogen-bond donors (Lipinski definition) is 1. The van der Waals surface area contributed by atoms with Crippen molar-refractivity contribution in [2.45, 2.75) is 18.9 Å². The molecule has 1 aromatic rings. The third kappa shape index (κ3) is 6.26. The van der Waals surface area contributed by atoms with Gasteiger partial charge in [-0.3, -0.25) is 4.55 Å². The Kier molecular flexibility index (Phi) is 6.23. The van der Waals surface area contributed by atoms with E-state index in [0.717, 1.165) is 52.9 Å². The van der Waals surface area contributed by atoms with Crippen LogP contribution in [0.25, 0.3) is 0 Å². The maximum absolute atomic E-state index is 13.0. The Hall–Kier alpha value is 0.0200. The normalized spacial score (nSPS) is 19.3. The second kappa shape index (κ2) is 6.98. The van der Waals surface area contributed by atoms with Crippen molar-refractivity contribution in [3.8, 4) is 0 Å². The molecule has 4 nitrogen and oxygen atoms in total. The Labute approximate surface area is 124 Å². The predicted octanol–water partition coefficient (Wildman–Crippen LogP) is 0.975. The summed E-state index contributed by atoms with van der Waals surface area (Å²) in [7, 11) is -3.67. The summed E-state index contributed by atoms with van der Waals surface area (Å²) in [4.78, 5) is 0. The first-order chi connectivity index (χ1) is 8.27. The molecule has 0 saturated carbocycles. The van der Waals surface area contributed by atoms with Crippen molar-refractivity contribution < 1.29 is 22.1 Å². The van der Waals surface area contributed by atoms with E-state index >= 15 is 0 Å². The van der Waals surface area contributed by atoms with Crippen LogP contribution < -0.4 is 2.81 Å². The van der Waals surface area contributed by atoms with Crippen molar-refractivity contribution in [3.63, 3.8) is 0 Å². The Morgan fingerprint density at radius 2 is 2.11 bits per heavy atom. The van der Waals surface area contributed by atoms with Crippen LogP contribution in [0.5, 0.6) is 0 Å². The van der Waals surface area contributed by atoms with Crippen LogP contribution in [0.4, 0.5) is 4.39 Å². The van der Waals surface area contributed by atoms with Gasteiger partial charge in [-0.2, -0.15) is 8.42 Å². The van der Waals surface area contributed by atoms with Gasteiger partial charge in [-0.05, 0) is 0 Å². The average Bonchev–Trinajstić information content (AvgIpc) is 2.72. The average molecular weight is 284 g/mol. The molecule has 96 valence electrons. The maximum atomic E-state index is 13.0. The molecule has 0 radical (unpaired) electrons. The molecule has 1 atom stereocenters. The molecule has 1 aliphatic rings. The van der Waals surface area contributed by atoms with Gasteiger partial charge in [0.2, 0.25) is 0 Å². The summed E-state index contributed by atoms with van der Waals surface area (Å²) in [5.74, 6) is -0.148. The van der Waals surface area contributed by atoms with E-state index in [1.807, 2.05) is 6.07 Å². The zero-order chi connectivity index (χ0) is 13.8. The van der Waals surface area contributed by atoms with Crippen LogP contribution in [-0.2, 0) is 14.9 Å². The summed E-state index contributed by atoms with van der Waals surface area (Å²) in [5.41, 5.74) is 1.07. The first kappa shape index (κ1) is 16.1. The van der Waals surface area contributed by atoms with Gasteiger partial charge in [-0.1, -0.05) is 0 Å². The van der Waals surface area contributed by atoms with Crippen LogP contribution in [-0.4, -0.2) is 53.8 Å². The van der Waals surface area contributed by atoms with Gasteiger partial charge >= 0.3 is 95.0 Å². The Balaban J connectivity index is 0.000000280. The van der Waals surface area contributed by atoms with Gasteiger partial charge in [0.15, 0.2) is 0 Å². The molecule has 1 N–H and O–H groups in total. The van der Waals surface area contributed by atoms with Gasteiger partial charge in [0, 0.05) is 0 Å². The molecule has 0 amide bonds. The van der Waals surface area contributed by atoms with Crippen LogP contribution in [0.1, 0.15) is 24.5 Å². The van der Waals surface area contributed by atoms with E-state index in [0.29, 0.717) is 6.26 Å². The minimum atomic E-state index is -3.67. The molecule has 1 unspecified atom stereocenters. The van der Waals surface area contributed by atoms with Gasteiger partial charge < -0.3 is 0 Å². The van der Waals surface area contributed by atoms with Gasteiger partial charge in [-0.25, -0.2) is 0 Å². The van der Waals surface area contributed by atoms with E-state index in [9.17, 15) is 12.8 Å². The minimum absolute atomic E-state index is 0.148. The molecule has 1 fully saturated rings. The van der Waals surface area contributed by atoms with Crippen LogP contribution >= 0.6 is 0 Å². The van der Waals surface area contributed by atoms with E-state index in [4.69, 9.17) is 9.29 Å². The summed E-state index contributed by atoms with van der Waals surface area (Å²) in [5, 5.41) is 0. The van der Waals surface area contributed by atoms with E-state index in [-0.39, 0.29) is 11.9 Å². The molecule has 0 aliphatic carbocycles. The van der Waals surface area contributed by atoms with E-state index in [1.54, 1.807) is 6.07 Å². The summed E-state index contributed by atoms with van der Waals surface area (Å²) in [6.07, 6.45) is 3.01. The fourth-order valence-corrected chi connectivity index (χ4v) is 2.41. The van der Waals surface area contributed by atoms with Crippen molar-refractivity contribution in [1.82, 2.24) is 0 Å². The molecule has 1 aromatic carbocycles. The fraction of sp³-hybridized carbons (Fsp3) is 0.455. The molecule has 1 saturated heterocycles. The zero-order valence-electron chi connectivity index (χ0n) is 10.4. The fourth-order valence-electron chi connectivity index (χ4n) is 1.78. The zero-order valence-corrected chi connectivity index (χ0v) is 13.2.